The van der Waals surface area contributed by atoms with Gasteiger partial charge in [0, 0.05) is 0 Å². The van der Waals surface area contributed by atoms with Crippen LogP contribution in [0.4, 0.5) is 0 Å². The summed E-state index contributed by atoms with van der Waals surface area (Å²) in [5.41, 5.74) is 2.59. The summed E-state index contributed by atoms with van der Waals surface area (Å²) >= 11 is 0. The fourth-order valence-corrected chi connectivity index (χ4v) is 3.46. The van der Waals surface area contributed by atoms with Gasteiger partial charge in [0.1, 0.15) is 12.4 Å². The molecule has 0 radical (unpaired) electrons. The molecule has 1 aliphatic carbocycles. The average molecular weight is 383 g/mol. The van der Waals surface area contributed by atoms with Crippen molar-refractivity contribution in [2.45, 2.75) is 51.7 Å². The van der Waals surface area contributed by atoms with Gasteiger partial charge < -0.3 is 19.5 Å². The van der Waals surface area contributed by atoms with Crippen molar-refractivity contribution >= 4 is 5.91 Å². The smallest absolute Gasteiger partial charge is 0.261 e. The highest BCUT2D eigenvalue weighted by Crippen LogP contribution is 2.30. The summed E-state index contributed by atoms with van der Waals surface area (Å²) in [6, 6.07) is 13.4. The van der Waals surface area contributed by atoms with E-state index in [0.717, 1.165) is 18.6 Å². The number of carbonyl (C=O) groups is 1. The number of aryl methyl sites for hydroxylation is 1. The summed E-state index contributed by atoms with van der Waals surface area (Å²) in [6.45, 7) is 4.04. The van der Waals surface area contributed by atoms with Gasteiger partial charge in [-0.2, -0.15) is 0 Å². The highest BCUT2D eigenvalue weighted by atomic mass is 16.5. The van der Waals surface area contributed by atoms with Crippen LogP contribution in [0.25, 0.3) is 0 Å². The van der Waals surface area contributed by atoms with Crippen LogP contribution in [-0.4, -0.2) is 31.8 Å². The molecule has 2 aromatic carbocycles. The molecule has 3 rings (SSSR count). The average Bonchev–Trinajstić information content (AvgIpc) is 2.72. The summed E-state index contributed by atoms with van der Waals surface area (Å²) in [5.74, 6) is 2.01. The number of hydrogen-bond donors (Lipinski definition) is 1. The molecule has 0 heterocycles. The van der Waals surface area contributed by atoms with Crippen LogP contribution in [0.15, 0.2) is 42.5 Å². The predicted octanol–water partition coefficient (Wildman–Crippen LogP) is 3.93. The number of ether oxygens (including phenoxy) is 3. The standard InChI is InChI=1S/C23H29NO4/c1-16(15-27-22-13-7-6-12-21(22)26-3)24-23(25)17(2)28-20-14-8-10-18-9-4-5-11-19(18)20/h6-8,10,12-14,16-17H,4-5,9,11,15H2,1-3H3,(H,24,25). The molecule has 1 aliphatic rings. The SMILES string of the molecule is COc1ccccc1OCC(C)NC(=O)C(C)Oc1cccc2c1CCCC2. The number of methoxy groups -OCH3 is 1. The monoisotopic (exact) mass is 383 g/mol. The third kappa shape index (κ3) is 4.97. The van der Waals surface area contributed by atoms with E-state index >= 15 is 0 Å². The van der Waals surface area contributed by atoms with Gasteiger partial charge in [0.25, 0.3) is 5.91 Å². The number of fused-ring (bicyclic) bond motifs is 1. The van der Waals surface area contributed by atoms with Gasteiger partial charge in [-0.15, -0.1) is 0 Å². The van der Waals surface area contributed by atoms with Crippen molar-refractivity contribution in [3.63, 3.8) is 0 Å². The minimum atomic E-state index is -0.567. The number of carbonyl (C=O) groups excluding carboxylic acids is 1. The number of amides is 1. The van der Waals surface area contributed by atoms with Gasteiger partial charge in [-0.3, -0.25) is 4.79 Å². The Balaban J connectivity index is 1.53. The molecule has 0 fully saturated rings. The zero-order valence-corrected chi connectivity index (χ0v) is 16.9. The molecular formula is C23H29NO4. The van der Waals surface area contributed by atoms with Crippen LogP contribution in [0.5, 0.6) is 17.2 Å². The number of benzene rings is 2. The maximum Gasteiger partial charge on any atom is 0.261 e. The zero-order valence-electron chi connectivity index (χ0n) is 16.9. The lowest BCUT2D eigenvalue weighted by Crippen LogP contribution is -2.43. The van der Waals surface area contributed by atoms with Crippen LogP contribution in [0.2, 0.25) is 0 Å². The molecule has 5 nitrogen and oxygen atoms in total. The van der Waals surface area contributed by atoms with Gasteiger partial charge in [0.15, 0.2) is 17.6 Å². The second-order valence-electron chi connectivity index (χ2n) is 7.23. The van der Waals surface area contributed by atoms with Crippen LogP contribution in [0, 0.1) is 0 Å². The highest BCUT2D eigenvalue weighted by Gasteiger charge is 2.20. The van der Waals surface area contributed by atoms with Crippen LogP contribution in [0.1, 0.15) is 37.8 Å². The van der Waals surface area contributed by atoms with E-state index in [4.69, 9.17) is 14.2 Å². The van der Waals surface area contributed by atoms with E-state index in [9.17, 15) is 4.79 Å². The summed E-state index contributed by atoms with van der Waals surface area (Å²) < 4.78 is 17.1. The van der Waals surface area contributed by atoms with Crippen LogP contribution < -0.4 is 19.5 Å². The van der Waals surface area contributed by atoms with Crippen molar-refractivity contribution in [2.75, 3.05) is 13.7 Å². The van der Waals surface area contributed by atoms with E-state index < -0.39 is 6.10 Å². The molecule has 2 atom stereocenters. The van der Waals surface area contributed by atoms with Gasteiger partial charge >= 0.3 is 0 Å². The van der Waals surface area contributed by atoms with E-state index in [1.807, 2.05) is 43.3 Å². The summed E-state index contributed by atoms with van der Waals surface area (Å²) in [6.07, 6.45) is 3.93. The van der Waals surface area contributed by atoms with Gasteiger partial charge in [-0.25, -0.2) is 0 Å². The highest BCUT2D eigenvalue weighted by molar-refractivity contribution is 5.81. The second kappa shape index (κ2) is 9.49. The number of hydrogen-bond acceptors (Lipinski definition) is 4. The molecule has 0 aromatic heterocycles. The molecule has 150 valence electrons. The molecule has 0 saturated heterocycles. The molecule has 2 aromatic rings. The van der Waals surface area contributed by atoms with Crippen molar-refractivity contribution in [3.8, 4) is 17.2 Å². The molecule has 1 N–H and O–H groups in total. The maximum absolute atomic E-state index is 12.5. The van der Waals surface area contributed by atoms with Crippen LogP contribution >= 0.6 is 0 Å². The number of nitrogens with one attached hydrogen (secondary N) is 1. The third-order valence-corrected chi connectivity index (χ3v) is 4.97. The third-order valence-electron chi connectivity index (χ3n) is 4.97. The van der Waals surface area contributed by atoms with Crippen molar-refractivity contribution in [1.29, 1.82) is 0 Å². The Bertz CT molecular complexity index is 805. The molecule has 0 bridgehead atoms. The Labute approximate surface area is 167 Å². The largest absolute Gasteiger partial charge is 0.493 e. The lowest BCUT2D eigenvalue weighted by atomic mass is 9.91. The van der Waals surface area contributed by atoms with Crippen molar-refractivity contribution in [1.82, 2.24) is 5.32 Å². The first-order valence-corrected chi connectivity index (χ1v) is 9.92. The summed E-state index contributed by atoms with van der Waals surface area (Å²) in [5, 5.41) is 2.96. The first kappa shape index (κ1) is 20.1. The number of para-hydroxylation sites is 2. The Morgan fingerprint density at radius 3 is 2.50 bits per heavy atom. The molecule has 0 saturated carbocycles. The summed E-state index contributed by atoms with van der Waals surface area (Å²) in [7, 11) is 1.61. The minimum Gasteiger partial charge on any atom is -0.493 e. The Morgan fingerprint density at radius 1 is 1.00 bits per heavy atom. The van der Waals surface area contributed by atoms with E-state index in [2.05, 4.69) is 11.4 Å². The molecule has 0 spiro atoms. The molecule has 28 heavy (non-hydrogen) atoms. The molecule has 0 aliphatic heterocycles. The van der Waals surface area contributed by atoms with Crippen molar-refractivity contribution < 1.29 is 19.0 Å². The summed E-state index contributed by atoms with van der Waals surface area (Å²) in [4.78, 5) is 12.5. The topological polar surface area (TPSA) is 56.8 Å². The lowest BCUT2D eigenvalue weighted by Gasteiger charge is -2.23. The molecule has 5 heteroatoms. The quantitative estimate of drug-likeness (QED) is 0.751. The van der Waals surface area contributed by atoms with Gasteiger partial charge in [0.2, 0.25) is 0 Å². The van der Waals surface area contributed by atoms with E-state index in [0.29, 0.717) is 18.1 Å². The molecule has 2 unspecified atom stereocenters. The fourth-order valence-electron chi connectivity index (χ4n) is 3.46. The molecule has 1 amide bonds. The van der Waals surface area contributed by atoms with E-state index in [1.54, 1.807) is 14.0 Å². The maximum atomic E-state index is 12.5. The fraction of sp³-hybridized carbons (Fsp3) is 0.435. The predicted molar refractivity (Wildman–Crippen MR) is 109 cm³/mol. The normalized spacial score (nSPS) is 15.1. The first-order chi connectivity index (χ1) is 13.6. The second-order valence-corrected chi connectivity index (χ2v) is 7.23. The van der Waals surface area contributed by atoms with Crippen molar-refractivity contribution in [2.24, 2.45) is 0 Å². The minimum absolute atomic E-state index is 0.149. The molecular weight excluding hydrogens is 354 g/mol. The van der Waals surface area contributed by atoms with Gasteiger partial charge in [-0.05, 0) is 68.9 Å². The zero-order chi connectivity index (χ0) is 19.9. The van der Waals surface area contributed by atoms with Gasteiger partial charge in [0.05, 0.1) is 13.2 Å². The van der Waals surface area contributed by atoms with Crippen LogP contribution in [-0.2, 0) is 17.6 Å². The Hall–Kier alpha value is -2.69. The Kier molecular flexibility index (Phi) is 6.80. The van der Waals surface area contributed by atoms with Crippen LogP contribution in [0.3, 0.4) is 0 Å². The van der Waals surface area contributed by atoms with Gasteiger partial charge in [-0.1, -0.05) is 24.3 Å². The Morgan fingerprint density at radius 2 is 1.71 bits per heavy atom. The lowest BCUT2D eigenvalue weighted by molar-refractivity contribution is -0.128. The van der Waals surface area contributed by atoms with E-state index in [1.165, 1.54) is 24.0 Å². The van der Waals surface area contributed by atoms with E-state index in [-0.39, 0.29) is 11.9 Å². The number of rotatable bonds is 8. The first-order valence-electron chi connectivity index (χ1n) is 9.92. The van der Waals surface area contributed by atoms with Crippen molar-refractivity contribution in [3.05, 3.63) is 53.6 Å².